The SMILES string of the molecule is c1ccc(-c2nc3ncnc(-n4c5ccccc5c5ccccc54)c3nc2-c2ccccc2)cc1. The molecule has 0 aliphatic carbocycles. The van der Waals surface area contributed by atoms with Gasteiger partial charge >= 0.3 is 0 Å². The van der Waals surface area contributed by atoms with Crippen molar-refractivity contribution in [2.75, 3.05) is 0 Å². The Kier molecular flexibility index (Phi) is 4.39. The molecule has 7 aromatic rings. The van der Waals surface area contributed by atoms with Gasteiger partial charge in [-0.25, -0.2) is 19.9 Å². The fourth-order valence-electron chi connectivity index (χ4n) is 4.77. The molecule has 0 saturated carbocycles. The van der Waals surface area contributed by atoms with Crippen molar-refractivity contribution in [1.29, 1.82) is 0 Å². The molecule has 0 unspecified atom stereocenters. The zero-order chi connectivity index (χ0) is 23.2. The minimum Gasteiger partial charge on any atom is -0.292 e. The van der Waals surface area contributed by atoms with Crippen LogP contribution >= 0.6 is 0 Å². The van der Waals surface area contributed by atoms with Crippen LogP contribution in [0.25, 0.3) is 61.3 Å². The Hall–Kier alpha value is -4.90. The maximum absolute atomic E-state index is 5.18. The number of hydrogen-bond acceptors (Lipinski definition) is 4. The highest BCUT2D eigenvalue weighted by Crippen LogP contribution is 2.35. The van der Waals surface area contributed by atoms with Crippen LogP contribution in [-0.4, -0.2) is 24.5 Å². The molecule has 0 spiro atoms. The molecule has 7 rings (SSSR count). The van der Waals surface area contributed by atoms with Crippen LogP contribution in [0.1, 0.15) is 0 Å². The quantitative estimate of drug-likeness (QED) is 0.296. The molecule has 0 aliphatic heterocycles. The van der Waals surface area contributed by atoms with Gasteiger partial charge in [-0.15, -0.1) is 0 Å². The summed E-state index contributed by atoms with van der Waals surface area (Å²) >= 11 is 0. The summed E-state index contributed by atoms with van der Waals surface area (Å²) in [4.78, 5) is 19.5. The molecule has 3 heterocycles. The molecule has 0 aliphatic rings. The largest absolute Gasteiger partial charge is 0.292 e. The molecule has 0 atom stereocenters. The molecule has 164 valence electrons. The number of rotatable bonds is 3. The van der Waals surface area contributed by atoms with E-state index in [-0.39, 0.29) is 0 Å². The van der Waals surface area contributed by atoms with E-state index in [9.17, 15) is 0 Å². The minimum absolute atomic E-state index is 0.565. The van der Waals surface area contributed by atoms with Crippen LogP contribution in [-0.2, 0) is 0 Å². The Bertz CT molecular complexity index is 1790. The van der Waals surface area contributed by atoms with Gasteiger partial charge in [0.2, 0.25) is 0 Å². The van der Waals surface area contributed by atoms with E-state index < -0.39 is 0 Å². The first kappa shape index (κ1) is 19.6. The monoisotopic (exact) mass is 449 g/mol. The summed E-state index contributed by atoms with van der Waals surface area (Å²) in [6.45, 7) is 0. The van der Waals surface area contributed by atoms with Gasteiger partial charge < -0.3 is 0 Å². The molecule has 5 nitrogen and oxygen atoms in total. The Balaban J connectivity index is 1.60. The second-order valence-corrected chi connectivity index (χ2v) is 8.39. The molecule has 0 radical (unpaired) electrons. The lowest BCUT2D eigenvalue weighted by molar-refractivity contribution is 1.04. The predicted octanol–water partition coefficient (Wildman–Crippen LogP) is 6.85. The van der Waals surface area contributed by atoms with Crippen molar-refractivity contribution < 1.29 is 0 Å². The molecule has 3 aromatic heterocycles. The summed E-state index contributed by atoms with van der Waals surface area (Å²) < 4.78 is 2.17. The average Bonchev–Trinajstić information content (AvgIpc) is 3.27. The molecule has 0 N–H and O–H groups in total. The number of nitrogens with zero attached hydrogens (tertiary/aromatic N) is 5. The lowest BCUT2D eigenvalue weighted by Gasteiger charge is -2.13. The van der Waals surface area contributed by atoms with Crippen molar-refractivity contribution in [3.63, 3.8) is 0 Å². The number of aromatic nitrogens is 5. The van der Waals surface area contributed by atoms with Crippen molar-refractivity contribution >= 4 is 33.0 Å². The summed E-state index contributed by atoms with van der Waals surface area (Å²) in [7, 11) is 0. The number of hydrogen-bond donors (Lipinski definition) is 0. The highest BCUT2D eigenvalue weighted by Gasteiger charge is 2.19. The lowest BCUT2D eigenvalue weighted by Crippen LogP contribution is -2.04. The van der Waals surface area contributed by atoms with Crippen molar-refractivity contribution in [3.8, 4) is 28.3 Å². The Labute approximate surface area is 201 Å². The van der Waals surface area contributed by atoms with Gasteiger partial charge in [0.1, 0.15) is 6.33 Å². The highest BCUT2D eigenvalue weighted by atomic mass is 15.1. The van der Waals surface area contributed by atoms with Gasteiger partial charge in [-0.2, -0.15) is 0 Å². The molecule has 0 amide bonds. The van der Waals surface area contributed by atoms with Gasteiger partial charge in [0.05, 0.1) is 22.4 Å². The molecule has 4 aromatic carbocycles. The van der Waals surface area contributed by atoms with Gasteiger partial charge in [0.25, 0.3) is 0 Å². The van der Waals surface area contributed by atoms with Crippen LogP contribution in [0.5, 0.6) is 0 Å². The third kappa shape index (κ3) is 3.09. The summed E-state index contributed by atoms with van der Waals surface area (Å²) in [5.41, 5.74) is 6.98. The van der Waals surface area contributed by atoms with Crippen molar-refractivity contribution in [3.05, 3.63) is 116 Å². The minimum atomic E-state index is 0.565. The zero-order valence-corrected chi connectivity index (χ0v) is 18.7. The highest BCUT2D eigenvalue weighted by molar-refractivity contribution is 6.09. The number of para-hydroxylation sites is 2. The molecular formula is C30H19N5. The molecular weight excluding hydrogens is 430 g/mol. The Morgan fingerprint density at radius 2 is 1.00 bits per heavy atom. The van der Waals surface area contributed by atoms with E-state index in [1.807, 2.05) is 36.4 Å². The van der Waals surface area contributed by atoms with E-state index in [2.05, 4.69) is 82.3 Å². The fourth-order valence-corrected chi connectivity index (χ4v) is 4.77. The molecule has 0 fully saturated rings. The normalized spacial score (nSPS) is 11.4. The van der Waals surface area contributed by atoms with E-state index in [4.69, 9.17) is 15.0 Å². The number of fused-ring (bicyclic) bond motifs is 4. The number of benzene rings is 4. The van der Waals surface area contributed by atoms with Crippen molar-refractivity contribution in [2.24, 2.45) is 0 Å². The molecule has 5 heteroatoms. The van der Waals surface area contributed by atoms with Gasteiger partial charge in [-0.05, 0) is 12.1 Å². The van der Waals surface area contributed by atoms with Crippen LogP contribution in [0.3, 0.4) is 0 Å². The third-order valence-corrected chi connectivity index (χ3v) is 6.34. The van der Waals surface area contributed by atoms with Crippen LogP contribution in [0, 0.1) is 0 Å². The fraction of sp³-hybridized carbons (Fsp3) is 0. The van der Waals surface area contributed by atoms with E-state index in [0.29, 0.717) is 11.2 Å². The van der Waals surface area contributed by atoms with Gasteiger partial charge in [-0.3, -0.25) is 4.57 Å². The standard InChI is InChI=1S/C30H19N5/c1-3-11-20(12-4-1)26-27(21-13-5-2-6-14-21)34-29-28(33-26)30(32-19-31-29)35-24-17-9-7-15-22(24)23-16-8-10-18-25(23)35/h1-19H. The smallest absolute Gasteiger partial charge is 0.184 e. The molecule has 0 bridgehead atoms. The van der Waals surface area contributed by atoms with Crippen LogP contribution in [0.15, 0.2) is 116 Å². The van der Waals surface area contributed by atoms with E-state index in [1.54, 1.807) is 6.33 Å². The van der Waals surface area contributed by atoms with E-state index in [0.717, 1.165) is 39.4 Å². The Morgan fingerprint density at radius 1 is 0.486 bits per heavy atom. The van der Waals surface area contributed by atoms with Gasteiger partial charge in [-0.1, -0.05) is 97.1 Å². The summed E-state index contributed by atoms with van der Waals surface area (Å²) in [5, 5.41) is 2.35. The second-order valence-electron chi connectivity index (χ2n) is 8.39. The van der Waals surface area contributed by atoms with Gasteiger partial charge in [0, 0.05) is 21.9 Å². The Morgan fingerprint density at radius 3 is 1.60 bits per heavy atom. The third-order valence-electron chi connectivity index (χ3n) is 6.34. The zero-order valence-electron chi connectivity index (χ0n) is 18.7. The van der Waals surface area contributed by atoms with E-state index in [1.165, 1.54) is 10.8 Å². The maximum atomic E-state index is 5.18. The summed E-state index contributed by atoms with van der Waals surface area (Å²) in [6, 6.07) is 37.1. The molecule has 35 heavy (non-hydrogen) atoms. The van der Waals surface area contributed by atoms with Crippen LogP contribution in [0.4, 0.5) is 0 Å². The predicted molar refractivity (Wildman–Crippen MR) is 140 cm³/mol. The van der Waals surface area contributed by atoms with E-state index >= 15 is 0 Å². The first-order valence-corrected chi connectivity index (χ1v) is 11.5. The molecule has 0 saturated heterocycles. The summed E-state index contributed by atoms with van der Waals surface area (Å²) in [6.07, 6.45) is 1.58. The van der Waals surface area contributed by atoms with Crippen molar-refractivity contribution in [2.45, 2.75) is 0 Å². The van der Waals surface area contributed by atoms with Crippen LogP contribution in [0.2, 0.25) is 0 Å². The lowest BCUT2D eigenvalue weighted by atomic mass is 10.0. The maximum Gasteiger partial charge on any atom is 0.184 e. The van der Waals surface area contributed by atoms with Crippen molar-refractivity contribution in [1.82, 2.24) is 24.5 Å². The summed E-state index contributed by atoms with van der Waals surface area (Å²) in [5.74, 6) is 0.719. The topological polar surface area (TPSA) is 56.5 Å². The average molecular weight is 450 g/mol. The first-order valence-electron chi connectivity index (χ1n) is 11.5. The van der Waals surface area contributed by atoms with Crippen LogP contribution < -0.4 is 0 Å². The first-order chi connectivity index (χ1) is 17.4. The van der Waals surface area contributed by atoms with Gasteiger partial charge in [0.15, 0.2) is 17.0 Å². The second kappa shape index (κ2) is 7.85.